The Kier molecular flexibility index (Phi) is 5.43. The monoisotopic (exact) mass is 337 g/mol. The molecule has 1 heterocycles. The lowest BCUT2D eigenvalue weighted by atomic mass is 10.2. The van der Waals surface area contributed by atoms with Gasteiger partial charge in [0.05, 0.1) is 17.4 Å². The first-order valence-electron chi connectivity index (χ1n) is 7.50. The summed E-state index contributed by atoms with van der Waals surface area (Å²) < 4.78 is 37.5. The number of pyridine rings is 1. The number of halogens is 3. The first-order valence-corrected chi connectivity index (χ1v) is 7.50. The number of nitrogens with zero attached hydrogens (tertiary/aromatic N) is 1. The van der Waals surface area contributed by atoms with E-state index in [1.54, 1.807) is 18.3 Å². The number of carbonyl (C=O) groups excluding carboxylic acids is 1. The van der Waals surface area contributed by atoms with E-state index in [0.717, 1.165) is 24.2 Å². The first-order chi connectivity index (χ1) is 11.3. The molecule has 0 aliphatic carbocycles. The highest BCUT2D eigenvalue weighted by Crippen LogP contribution is 2.29. The van der Waals surface area contributed by atoms with Gasteiger partial charge < -0.3 is 10.6 Å². The van der Waals surface area contributed by atoms with Crippen molar-refractivity contribution in [2.45, 2.75) is 32.5 Å². The van der Waals surface area contributed by atoms with Crippen LogP contribution in [-0.4, -0.2) is 16.9 Å². The molecule has 24 heavy (non-hydrogen) atoms. The minimum Gasteiger partial charge on any atom is -0.381 e. The Morgan fingerprint density at radius 1 is 1.12 bits per heavy atom. The van der Waals surface area contributed by atoms with Crippen molar-refractivity contribution < 1.29 is 18.0 Å². The van der Waals surface area contributed by atoms with Gasteiger partial charge in [-0.2, -0.15) is 13.2 Å². The Balaban J connectivity index is 2.02. The Morgan fingerprint density at radius 2 is 1.75 bits per heavy atom. The maximum Gasteiger partial charge on any atom is 0.416 e. The van der Waals surface area contributed by atoms with Crippen LogP contribution in [0.2, 0.25) is 0 Å². The molecule has 1 atom stereocenters. The van der Waals surface area contributed by atoms with Gasteiger partial charge in [-0.05, 0) is 49.7 Å². The van der Waals surface area contributed by atoms with E-state index in [2.05, 4.69) is 22.5 Å². The highest BCUT2D eigenvalue weighted by Gasteiger charge is 2.30. The summed E-state index contributed by atoms with van der Waals surface area (Å²) in [4.78, 5) is 16.1. The second-order valence-corrected chi connectivity index (χ2v) is 5.41. The molecule has 7 heteroatoms. The summed E-state index contributed by atoms with van der Waals surface area (Å²) >= 11 is 0. The summed E-state index contributed by atoms with van der Waals surface area (Å²) in [6.07, 6.45) is -1.90. The largest absolute Gasteiger partial charge is 0.416 e. The molecule has 2 N–H and O–H groups in total. The van der Waals surface area contributed by atoms with Crippen LogP contribution in [-0.2, 0) is 6.18 Å². The van der Waals surface area contributed by atoms with Crippen molar-refractivity contribution in [3.8, 4) is 0 Å². The van der Waals surface area contributed by atoms with Crippen molar-refractivity contribution in [2.75, 3.05) is 10.6 Å². The van der Waals surface area contributed by atoms with E-state index in [-0.39, 0.29) is 11.4 Å². The molecule has 0 spiro atoms. The molecular weight excluding hydrogens is 319 g/mol. The van der Waals surface area contributed by atoms with Crippen LogP contribution in [0, 0.1) is 0 Å². The van der Waals surface area contributed by atoms with Crippen molar-refractivity contribution in [3.05, 3.63) is 53.9 Å². The summed E-state index contributed by atoms with van der Waals surface area (Å²) in [6, 6.07) is 7.84. The van der Waals surface area contributed by atoms with E-state index in [0.29, 0.717) is 6.04 Å². The van der Waals surface area contributed by atoms with Crippen LogP contribution in [0.15, 0.2) is 42.6 Å². The molecule has 1 aromatic heterocycles. The van der Waals surface area contributed by atoms with Gasteiger partial charge in [0.1, 0.15) is 5.69 Å². The standard InChI is InChI=1S/C17H18F3N3O/c1-3-11(2)22-14-8-9-15(21-10-14)16(24)23-13-6-4-12(5-7-13)17(18,19)20/h4-11,22H,3H2,1-2H3,(H,23,24). The second kappa shape index (κ2) is 7.33. The third-order valence-electron chi connectivity index (χ3n) is 3.49. The van der Waals surface area contributed by atoms with Crippen molar-refractivity contribution in [2.24, 2.45) is 0 Å². The zero-order chi connectivity index (χ0) is 17.7. The van der Waals surface area contributed by atoms with E-state index in [1.165, 1.54) is 12.1 Å². The van der Waals surface area contributed by atoms with Gasteiger partial charge in [0.25, 0.3) is 5.91 Å². The van der Waals surface area contributed by atoms with Crippen molar-refractivity contribution in [1.29, 1.82) is 0 Å². The number of carbonyl (C=O) groups is 1. The van der Waals surface area contributed by atoms with E-state index in [1.807, 2.05) is 6.92 Å². The number of anilines is 2. The second-order valence-electron chi connectivity index (χ2n) is 5.41. The van der Waals surface area contributed by atoms with Crippen LogP contribution in [0.5, 0.6) is 0 Å². The van der Waals surface area contributed by atoms with Crippen LogP contribution >= 0.6 is 0 Å². The molecule has 0 bridgehead atoms. The van der Waals surface area contributed by atoms with Crippen LogP contribution in [0.4, 0.5) is 24.5 Å². The van der Waals surface area contributed by atoms with Crippen LogP contribution in [0.1, 0.15) is 36.3 Å². The number of benzene rings is 1. The SMILES string of the molecule is CCC(C)Nc1ccc(C(=O)Nc2ccc(C(F)(F)F)cc2)nc1. The number of nitrogens with one attached hydrogen (secondary N) is 2. The minimum absolute atomic E-state index is 0.185. The number of hydrogen-bond acceptors (Lipinski definition) is 3. The zero-order valence-corrected chi connectivity index (χ0v) is 13.3. The predicted molar refractivity (Wildman–Crippen MR) is 87.0 cm³/mol. The van der Waals surface area contributed by atoms with E-state index in [4.69, 9.17) is 0 Å². The van der Waals surface area contributed by atoms with Crippen molar-refractivity contribution in [1.82, 2.24) is 4.98 Å². The summed E-state index contributed by atoms with van der Waals surface area (Å²) in [5.41, 5.74) is 0.496. The first kappa shape index (κ1) is 17.8. The predicted octanol–water partition coefficient (Wildman–Crippen LogP) is 4.56. The quantitative estimate of drug-likeness (QED) is 0.841. The van der Waals surface area contributed by atoms with Gasteiger partial charge in [-0.1, -0.05) is 6.92 Å². The molecule has 0 saturated heterocycles. The number of aromatic nitrogens is 1. The van der Waals surface area contributed by atoms with Gasteiger partial charge in [0, 0.05) is 11.7 Å². The normalized spacial score (nSPS) is 12.5. The lowest BCUT2D eigenvalue weighted by Gasteiger charge is -2.12. The molecule has 0 radical (unpaired) electrons. The maximum absolute atomic E-state index is 12.5. The van der Waals surface area contributed by atoms with E-state index >= 15 is 0 Å². The van der Waals surface area contributed by atoms with Crippen LogP contribution in [0.25, 0.3) is 0 Å². The molecule has 1 amide bonds. The Bertz CT molecular complexity index is 682. The van der Waals surface area contributed by atoms with E-state index in [9.17, 15) is 18.0 Å². The molecule has 2 aromatic rings. The van der Waals surface area contributed by atoms with Gasteiger partial charge in [0.15, 0.2) is 0 Å². The Morgan fingerprint density at radius 3 is 2.25 bits per heavy atom. The minimum atomic E-state index is -4.40. The Hall–Kier alpha value is -2.57. The van der Waals surface area contributed by atoms with Gasteiger partial charge in [-0.3, -0.25) is 4.79 Å². The van der Waals surface area contributed by atoms with Gasteiger partial charge in [0.2, 0.25) is 0 Å². The molecule has 0 aliphatic rings. The molecule has 1 aromatic carbocycles. The maximum atomic E-state index is 12.5. The van der Waals surface area contributed by atoms with Gasteiger partial charge in [-0.15, -0.1) is 0 Å². The third kappa shape index (κ3) is 4.71. The average molecular weight is 337 g/mol. The molecule has 1 unspecified atom stereocenters. The topological polar surface area (TPSA) is 54.0 Å². The number of rotatable bonds is 5. The van der Waals surface area contributed by atoms with Crippen molar-refractivity contribution >= 4 is 17.3 Å². The number of amides is 1. The fourth-order valence-electron chi connectivity index (χ4n) is 1.94. The molecule has 4 nitrogen and oxygen atoms in total. The zero-order valence-electron chi connectivity index (χ0n) is 13.3. The van der Waals surface area contributed by atoms with E-state index < -0.39 is 17.6 Å². The highest BCUT2D eigenvalue weighted by atomic mass is 19.4. The molecule has 0 fully saturated rings. The molecule has 0 aliphatic heterocycles. The fourth-order valence-corrected chi connectivity index (χ4v) is 1.94. The summed E-state index contributed by atoms with van der Waals surface area (Å²) in [7, 11) is 0. The summed E-state index contributed by atoms with van der Waals surface area (Å²) in [6.45, 7) is 4.09. The van der Waals surface area contributed by atoms with Gasteiger partial charge in [-0.25, -0.2) is 4.98 Å². The van der Waals surface area contributed by atoms with Crippen molar-refractivity contribution in [3.63, 3.8) is 0 Å². The van der Waals surface area contributed by atoms with Crippen LogP contribution < -0.4 is 10.6 Å². The fraction of sp³-hybridized carbons (Fsp3) is 0.294. The highest BCUT2D eigenvalue weighted by molar-refractivity contribution is 6.02. The molecule has 0 saturated carbocycles. The molecule has 2 rings (SSSR count). The summed E-state index contributed by atoms with van der Waals surface area (Å²) in [5, 5.41) is 5.75. The number of alkyl halides is 3. The van der Waals surface area contributed by atoms with Gasteiger partial charge >= 0.3 is 6.18 Å². The third-order valence-corrected chi connectivity index (χ3v) is 3.49. The Labute approximate surface area is 138 Å². The number of hydrogen-bond donors (Lipinski definition) is 2. The lowest BCUT2D eigenvalue weighted by Crippen LogP contribution is -2.16. The lowest BCUT2D eigenvalue weighted by molar-refractivity contribution is -0.137. The molecular formula is C17H18F3N3O. The average Bonchev–Trinajstić information content (AvgIpc) is 2.55. The van der Waals surface area contributed by atoms with Crippen LogP contribution in [0.3, 0.4) is 0 Å². The smallest absolute Gasteiger partial charge is 0.381 e. The molecule has 128 valence electrons. The summed E-state index contributed by atoms with van der Waals surface area (Å²) in [5.74, 6) is -0.482.